The maximum absolute atomic E-state index is 13.0. The molecule has 0 amide bonds. The Hall–Kier alpha value is -3.08. The third kappa shape index (κ3) is 3.46. The second kappa shape index (κ2) is 6.58. The maximum atomic E-state index is 13.0. The molecule has 0 spiro atoms. The van der Waals surface area contributed by atoms with Crippen LogP contribution >= 0.6 is 0 Å². The summed E-state index contributed by atoms with van der Waals surface area (Å²) in [6.45, 7) is 1.96. The normalized spacial score (nSPS) is 10.6. The summed E-state index contributed by atoms with van der Waals surface area (Å²) < 4.78 is 13.0. The van der Waals surface area contributed by atoms with Crippen LogP contribution in [0.3, 0.4) is 0 Å². The minimum absolute atomic E-state index is 0.0571. The number of hydrogen-bond acceptors (Lipinski definition) is 3. The van der Waals surface area contributed by atoms with Crippen LogP contribution in [0.25, 0.3) is 11.3 Å². The van der Waals surface area contributed by atoms with Gasteiger partial charge in [0.05, 0.1) is 5.69 Å². The van der Waals surface area contributed by atoms with Gasteiger partial charge in [-0.2, -0.15) is 0 Å². The van der Waals surface area contributed by atoms with Crippen molar-refractivity contribution in [1.29, 1.82) is 0 Å². The van der Waals surface area contributed by atoms with Crippen molar-refractivity contribution in [3.63, 3.8) is 0 Å². The number of hydrogen-bond donors (Lipinski definition) is 1. The summed E-state index contributed by atoms with van der Waals surface area (Å²) in [5.41, 5.74) is 3.10. The van der Waals surface area contributed by atoms with Crippen LogP contribution in [0.15, 0.2) is 54.7 Å². The molecule has 0 aliphatic rings. The van der Waals surface area contributed by atoms with E-state index in [1.165, 1.54) is 18.3 Å². The van der Waals surface area contributed by atoms with Gasteiger partial charge in [0, 0.05) is 18.2 Å². The maximum Gasteiger partial charge on any atom is 0.339 e. The molecule has 4 nitrogen and oxygen atoms in total. The quantitative estimate of drug-likeness (QED) is 0.792. The second-order valence-corrected chi connectivity index (χ2v) is 5.52. The third-order valence-electron chi connectivity index (χ3n) is 3.67. The lowest BCUT2D eigenvalue weighted by atomic mass is 10.0. The number of rotatable bonds is 4. The van der Waals surface area contributed by atoms with E-state index in [1.807, 2.05) is 31.2 Å². The van der Waals surface area contributed by atoms with Gasteiger partial charge in [-0.05, 0) is 24.6 Å². The van der Waals surface area contributed by atoms with Crippen molar-refractivity contribution in [2.75, 3.05) is 0 Å². The fourth-order valence-corrected chi connectivity index (χ4v) is 2.38. The Morgan fingerprint density at radius 1 is 1.08 bits per heavy atom. The molecule has 0 aliphatic carbocycles. The smallest absolute Gasteiger partial charge is 0.339 e. The molecule has 2 aromatic carbocycles. The number of benzene rings is 2. The Morgan fingerprint density at radius 2 is 1.75 bits per heavy atom. The van der Waals surface area contributed by atoms with E-state index in [0.717, 1.165) is 16.7 Å². The summed E-state index contributed by atoms with van der Waals surface area (Å²) in [5.74, 6) is -0.887. The van der Waals surface area contributed by atoms with E-state index >= 15 is 0 Å². The number of carboxylic acids is 1. The average molecular weight is 322 g/mol. The summed E-state index contributed by atoms with van der Waals surface area (Å²) in [7, 11) is 0. The summed E-state index contributed by atoms with van der Waals surface area (Å²) in [6.07, 6.45) is 1.72. The van der Waals surface area contributed by atoms with Gasteiger partial charge in [-0.25, -0.2) is 19.2 Å². The lowest BCUT2D eigenvalue weighted by Gasteiger charge is -2.08. The molecule has 5 heteroatoms. The van der Waals surface area contributed by atoms with Crippen molar-refractivity contribution < 1.29 is 14.3 Å². The number of carboxylic acid groups (broad SMARTS) is 1. The lowest BCUT2D eigenvalue weighted by Crippen LogP contribution is -2.07. The number of aryl methyl sites for hydroxylation is 1. The van der Waals surface area contributed by atoms with Gasteiger partial charge in [-0.1, -0.05) is 42.0 Å². The SMILES string of the molecule is Cc1ccc(-c2nc(Cc3ccc(F)cc3)ncc2C(=O)O)cc1. The van der Waals surface area contributed by atoms with E-state index < -0.39 is 5.97 Å². The van der Waals surface area contributed by atoms with Gasteiger partial charge in [-0.15, -0.1) is 0 Å². The first-order valence-corrected chi connectivity index (χ1v) is 7.43. The fraction of sp³-hybridized carbons (Fsp3) is 0.105. The van der Waals surface area contributed by atoms with Crippen molar-refractivity contribution in [1.82, 2.24) is 9.97 Å². The molecule has 0 aliphatic heterocycles. The van der Waals surface area contributed by atoms with Crippen LogP contribution in [0, 0.1) is 12.7 Å². The van der Waals surface area contributed by atoms with Crippen LogP contribution in [-0.2, 0) is 6.42 Å². The Balaban J connectivity index is 2.00. The van der Waals surface area contributed by atoms with E-state index in [2.05, 4.69) is 9.97 Å². The number of aromatic nitrogens is 2. The minimum Gasteiger partial charge on any atom is -0.478 e. The minimum atomic E-state index is -1.07. The summed E-state index contributed by atoms with van der Waals surface area (Å²) in [4.78, 5) is 20.0. The highest BCUT2D eigenvalue weighted by molar-refractivity contribution is 5.94. The van der Waals surface area contributed by atoms with E-state index in [0.29, 0.717) is 17.9 Å². The molecule has 1 aromatic heterocycles. The van der Waals surface area contributed by atoms with Crippen LogP contribution in [0.4, 0.5) is 4.39 Å². The van der Waals surface area contributed by atoms with E-state index in [4.69, 9.17) is 0 Å². The third-order valence-corrected chi connectivity index (χ3v) is 3.67. The molecule has 1 heterocycles. The van der Waals surface area contributed by atoms with Crippen molar-refractivity contribution in [2.45, 2.75) is 13.3 Å². The zero-order valence-corrected chi connectivity index (χ0v) is 13.0. The first kappa shape index (κ1) is 15.8. The van der Waals surface area contributed by atoms with Gasteiger partial charge in [0.25, 0.3) is 0 Å². The summed E-state index contributed by atoms with van der Waals surface area (Å²) in [5, 5.41) is 9.37. The van der Waals surface area contributed by atoms with Gasteiger partial charge in [0.2, 0.25) is 0 Å². The van der Waals surface area contributed by atoms with Crippen molar-refractivity contribution >= 4 is 5.97 Å². The molecule has 0 atom stereocenters. The standard InChI is InChI=1S/C19H15FN2O2/c1-12-2-6-14(7-3-12)18-16(19(23)24)11-21-17(22-18)10-13-4-8-15(20)9-5-13/h2-9,11H,10H2,1H3,(H,23,24). The lowest BCUT2D eigenvalue weighted by molar-refractivity contribution is 0.0697. The Labute approximate surface area is 138 Å². The number of nitrogens with zero attached hydrogens (tertiary/aromatic N) is 2. The Morgan fingerprint density at radius 3 is 2.38 bits per heavy atom. The predicted octanol–water partition coefficient (Wildman–Crippen LogP) is 3.88. The van der Waals surface area contributed by atoms with Crippen LogP contribution in [0.1, 0.15) is 27.3 Å². The van der Waals surface area contributed by atoms with Gasteiger partial charge >= 0.3 is 5.97 Å². The number of carbonyl (C=O) groups is 1. The van der Waals surface area contributed by atoms with Crippen LogP contribution in [0.5, 0.6) is 0 Å². The number of halogens is 1. The highest BCUT2D eigenvalue weighted by atomic mass is 19.1. The molecule has 0 saturated heterocycles. The highest BCUT2D eigenvalue weighted by Gasteiger charge is 2.15. The van der Waals surface area contributed by atoms with Crippen molar-refractivity contribution in [3.8, 4) is 11.3 Å². The monoisotopic (exact) mass is 322 g/mol. The molecular weight excluding hydrogens is 307 g/mol. The molecule has 0 radical (unpaired) electrons. The second-order valence-electron chi connectivity index (χ2n) is 5.52. The van der Waals surface area contributed by atoms with Gasteiger partial charge < -0.3 is 5.11 Å². The molecule has 120 valence electrons. The van der Waals surface area contributed by atoms with Crippen molar-refractivity contribution in [3.05, 3.63) is 83.1 Å². The largest absolute Gasteiger partial charge is 0.478 e. The van der Waals surface area contributed by atoms with Gasteiger partial charge in [0.15, 0.2) is 0 Å². The highest BCUT2D eigenvalue weighted by Crippen LogP contribution is 2.22. The molecule has 24 heavy (non-hydrogen) atoms. The molecule has 0 bridgehead atoms. The van der Waals surface area contributed by atoms with E-state index in [1.54, 1.807) is 12.1 Å². The van der Waals surface area contributed by atoms with Crippen LogP contribution in [0.2, 0.25) is 0 Å². The average Bonchev–Trinajstić information content (AvgIpc) is 2.57. The molecule has 3 aromatic rings. The molecule has 0 saturated carbocycles. The fourth-order valence-electron chi connectivity index (χ4n) is 2.38. The topological polar surface area (TPSA) is 63.1 Å². The van der Waals surface area contributed by atoms with Crippen LogP contribution < -0.4 is 0 Å². The molecule has 1 N–H and O–H groups in total. The van der Waals surface area contributed by atoms with Crippen molar-refractivity contribution in [2.24, 2.45) is 0 Å². The Bertz CT molecular complexity index is 875. The molecule has 0 fully saturated rings. The predicted molar refractivity (Wildman–Crippen MR) is 88.4 cm³/mol. The summed E-state index contributed by atoms with van der Waals surface area (Å²) in [6, 6.07) is 13.6. The zero-order valence-electron chi connectivity index (χ0n) is 13.0. The first-order chi connectivity index (χ1) is 11.5. The van der Waals surface area contributed by atoms with E-state index in [9.17, 15) is 14.3 Å². The van der Waals surface area contributed by atoms with Gasteiger partial charge in [-0.3, -0.25) is 0 Å². The van der Waals surface area contributed by atoms with E-state index in [-0.39, 0.29) is 11.4 Å². The molecular formula is C19H15FN2O2. The first-order valence-electron chi connectivity index (χ1n) is 7.43. The van der Waals surface area contributed by atoms with Gasteiger partial charge in [0.1, 0.15) is 17.2 Å². The molecule has 3 rings (SSSR count). The van der Waals surface area contributed by atoms with Crippen LogP contribution in [-0.4, -0.2) is 21.0 Å². The Kier molecular flexibility index (Phi) is 4.33. The summed E-state index contributed by atoms with van der Waals surface area (Å²) >= 11 is 0. The zero-order chi connectivity index (χ0) is 17.1. The number of aromatic carboxylic acids is 1. The molecule has 0 unspecified atom stereocenters.